The Labute approximate surface area is 114 Å². The van der Waals surface area contributed by atoms with Crippen molar-refractivity contribution in [1.29, 1.82) is 5.26 Å². The number of benzene rings is 2. The van der Waals surface area contributed by atoms with Gasteiger partial charge in [0.25, 0.3) is 0 Å². The molecule has 1 radical (unpaired) electrons. The highest BCUT2D eigenvalue weighted by molar-refractivity contribution is 5.82. The van der Waals surface area contributed by atoms with Gasteiger partial charge in [-0.25, -0.2) is 8.78 Å². The molecule has 0 bridgehead atoms. The normalized spacial score (nSPS) is 10.4. The SMILES string of the molecule is N#Cc1ccccc1/[C]=N\OCc1ccc(F)c(F)c1. The third kappa shape index (κ3) is 3.39. The summed E-state index contributed by atoms with van der Waals surface area (Å²) in [5, 5.41) is 12.4. The number of hydrogen-bond donors (Lipinski definition) is 0. The molecule has 3 nitrogen and oxygen atoms in total. The van der Waals surface area contributed by atoms with Crippen LogP contribution in [0.4, 0.5) is 8.78 Å². The van der Waals surface area contributed by atoms with E-state index in [-0.39, 0.29) is 6.61 Å². The van der Waals surface area contributed by atoms with Crippen LogP contribution in [0.3, 0.4) is 0 Å². The zero-order chi connectivity index (χ0) is 14.4. The Hall–Kier alpha value is -2.74. The third-order valence-corrected chi connectivity index (χ3v) is 2.49. The summed E-state index contributed by atoms with van der Waals surface area (Å²) in [6, 6.07) is 12.2. The summed E-state index contributed by atoms with van der Waals surface area (Å²) in [6.07, 6.45) is 2.57. The average molecular weight is 271 g/mol. The van der Waals surface area contributed by atoms with Gasteiger partial charge < -0.3 is 4.84 Å². The van der Waals surface area contributed by atoms with Crippen molar-refractivity contribution in [2.45, 2.75) is 6.61 Å². The van der Waals surface area contributed by atoms with Crippen LogP contribution in [0.25, 0.3) is 0 Å². The predicted molar refractivity (Wildman–Crippen MR) is 68.8 cm³/mol. The molecular weight excluding hydrogens is 262 g/mol. The molecule has 2 rings (SSSR count). The number of hydrogen-bond acceptors (Lipinski definition) is 3. The molecule has 5 heteroatoms. The predicted octanol–water partition coefficient (Wildman–Crippen LogP) is 3.26. The quantitative estimate of drug-likeness (QED) is 0.633. The minimum Gasteiger partial charge on any atom is -0.390 e. The fourth-order valence-corrected chi connectivity index (χ4v) is 1.50. The Kier molecular flexibility index (Phi) is 4.40. The van der Waals surface area contributed by atoms with Crippen LogP contribution in [0.15, 0.2) is 47.6 Å². The van der Waals surface area contributed by atoms with Crippen LogP contribution in [0.1, 0.15) is 16.7 Å². The molecule has 20 heavy (non-hydrogen) atoms. The molecule has 0 aliphatic rings. The molecular formula is C15H9F2N2O. The Bertz CT molecular complexity index is 678. The van der Waals surface area contributed by atoms with Crippen molar-refractivity contribution in [3.05, 3.63) is 70.8 Å². The first kappa shape index (κ1) is 13.7. The maximum atomic E-state index is 12.9. The Morgan fingerprint density at radius 1 is 1.05 bits per heavy atom. The van der Waals surface area contributed by atoms with E-state index in [1.807, 2.05) is 6.07 Å². The lowest BCUT2D eigenvalue weighted by molar-refractivity contribution is 0.132. The smallest absolute Gasteiger partial charge is 0.159 e. The van der Waals surface area contributed by atoms with Gasteiger partial charge in [0.1, 0.15) is 12.8 Å². The molecule has 0 atom stereocenters. The molecule has 2 aromatic carbocycles. The molecule has 0 N–H and O–H groups in total. The highest BCUT2D eigenvalue weighted by atomic mass is 19.2. The molecule has 0 heterocycles. The van der Waals surface area contributed by atoms with Crippen LogP contribution in [0, 0.1) is 23.0 Å². The zero-order valence-electron chi connectivity index (χ0n) is 10.3. The molecule has 0 aromatic heterocycles. The van der Waals surface area contributed by atoms with Crippen molar-refractivity contribution in [3.8, 4) is 6.07 Å². The van der Waals surface area contributed by atoms with Gasteiger partial charge >= 0.3 is 0 Å². The van der Waals surface area contributed by atoms with E-state index >= 15 is 0 Å². The van der Waals surface area contributed by atoms with Crippen LogP contribution in [-0.4, -0.2) is 6.21 Å². The maximum absolute atomic E-state index is 12.9. The van der Waals surface area contributed by atoms with Crippen LogP contribution >= 0.6 is 0 Å². The molecule has 0 amide bonds. The second-order valence-corrected chi connectivity index (χ2v) is 3.88. The first-order valence-corrected chi connectivity index (χ1v) is 5.72. The van der Waals surface area contributed by atoms with Crippen molar-refractivity contribution in [1.82, 2.24) is 0 Å². The Morgan fingerprint density at radius 3 is 2.50 bits per heavy atom. The van der Waals surface area contributed by atoms with Crippen molar-refractivity contribution in [2.75, 3.05) is 0 Å². The number of rotatable bonds is 4. The summed E-state index contributed by atoms with van der Waals surface area (Å²) in [5.74, 6) is -1.85. The standard InChI is InChI=1S/C15H9F2N2O/c16-14-6-5-11(7-15(14)17)10-20-19-9-13-4-2-1-3-12(13)8-18/h1-7H,10H2. The van der Waals surface area contributed by atoms with Crippen molar-refractivity contribution < 1.29 is 13.6 Å². The first-order valence-electron chi connectivity index (χ1n) is 5.72. The van der Waals surface area contributed by atoms with E-state index in [9.17, 15) is 8.78 Å². The van der Waals surface area contributed by atoms with E-state index in [1.165, 1.54) is 6.07 Å². The molecule has 0 saturated carbocycles. The highest BCUT2D eigenvalue weighted by Gasteiger charge is 2.02. The summed E-state index contributed by atoms with van der Waals surface area (Å²) in [6.45, 7) is -0.0150. The molecule has 99 valence electrons. The van der Waals surface area contributed by atoms with Crippen molar-refractivity contribution in [3.63, 3.8) is 0 Å². The molecule has 0 unspecified atom stereocenters. The summed E-state index contributed by atoms with van der Waals surface area (Å²) >= 11 is 0. The second-order valence-electron chi connectivity index (χ2n) is 3.88. The maximum Gasteiger partial charge on any atom is 0.159 e. The summed E-state index contributed by atoms with van der Waals surface area (Å²) < 4.78 is 25.6. The van der Waals surface area contributed by atoms with Crippen LogP contribution < -0.4 is 0 Å². The Balaban J connectivity index is 1.97. The van der Waals surface area contributed by atoms with E-state index in [4.69, 9.17) is 10.1 Å². The van der Waals surface area contributed by atoms with Gasteiger partial charge in [-0.2, -0.15) is 5.26 Å². The number of halogens is 2. The van der Waals surface area contributed by atoms with Gasteiger partial charge in [0.15, 0.2) is 11.6 Å². The first-order chi connectivity index (χ1) is 9.70. The molecule has 0 aliphatic carbocycles. The Morgan fingerprint density at radius 2 is 1.80 bits per heavy atom. The minimum absolute atomic E-state index is 0.0150. The fraction of sp³-hybridized carbons (Fsp3) is 0.0667. The molecule has 0 fully saturated rings. The summed E-state index contributed by atoms with van der Waals surface area (Å²) in [5.41, 5.74) is 1.37. The average Bonchev–Trinajstić information content (AvgIpc) is 2.47. The summed E-state index contributed by atoms with van der Waals surface area (Å²) in [4.78, 5) is 4.93. The van der Waals surface area contributed by atoms with Crippen molar-refractivity contribution in [2.24, 2.45) is 5.16 Å². The molecule has 0 saturated heterocycles. The van der Waals surface area contributed by atoms with Crippen LogP contribution in [-0.2, 0) is 11.4 Å². The number of nitrogens with zero attached hydrogens (tertiary/aromatic N) is 2. The minimum atomic E-state index is -0.936. The fourth-order valence-electron chi connectivity index (χ4n) is 1.50. The largest absolute Gasteiger partial charge is 0.390 e. The second kappa shape index (κ2) is 6.43. The lowest BCUT2D eigenvalue weighted by Gasteiger charge is -2.00. The van der Waals surface area contributed by atoms with Crippen LogP contribution in [0.5, 0.6) is 0 Å². The van der Waals surface area contributed by atoms with E-state index < -0.39 is 11.6 Å². The summed E-state index contributed by atoms with van der Waals surface area (Å²) in [7, 11) is 0. The monoisotopic (exact) mass is 271 g/mol. The topological polar surface area (TPSA) is 45.4 Å². The lowest BCUT2D eigenvalue weighted by Crippen LogP contribution is -1.92. The van der Waals surface area contributed by atoms with Crippen molar-refractivity contribution >= 4 is 6.21 Å². The van der Waals surface area contributed by atoms with Gasteiger partial charge in [0.2, 0.25) is 0 Å². The van der Waals surface area contributed by atoms with E-state index in [0.29, 0.717) is 16.7 Å². The molecule has 0 aliphatic heterocycles. The van der Waals surface area contributed by atoms with Gasteiger partial charge in [-0.1, -0.05) is 29.4 Å². The van der Waals surface area contributed by atoms with E-state index in [1.54, 1.807) is 24.3 Å². The third-order valence-electron chi connectivity index (χ3n) is 2.49. The lowest BCUT2D eigenvalue weighted by atomic mass is 10.1. The zero-order valence-corrected chi connectivity index (χ0v) is 10.3. The highest BCUT2D eigenvalue weighted by Crippen LogP contribution is 2.10. The van der Waals surface area contributed by atoms with Gasteiger partial charge in [0.05, 0.1) is 11.6 Å². The van der Waals surface area contributed by atoms with E-state index in [2.05, 4.69) is 11.4 Å². The van der Waals surface area contributed by atoms with Gasteiger partial charge in [-0.15, -0.1) is 0 Å². The van der Waals surface area contributed by atoms with Gasteiger partial charge in [0, 0.05) is 5.56 Å². The molecule has 0 spiro atoms. The van der Waals surface area contributed by atoms with Crippen LogP contribution in [0.2, 0.25) is 0 Å². The molecule has 2 aromatic rings. The van der Waals surface area contributed by atoms with Gasteiger partial charge in [-0.3, -0.25) is 0 Å². The van der Waals surface area contributed by atoms with Gasteiger partial charge in [-0.05, 0) is 23.8 Å². The number of nitriles is 1. The van der Waals surface area contributed by atoms with E-state index in [0.717, 1.165) is 12.1 Å².